The highest BCUT2D eigenvalue weighted by Crippen LogP contribution is 2.54. The second-order valence-electron chi connectivity index (χ2n) is 10.9. The molecule has 1 saturated carbocycles. The summed E-state index contributed by atoms with van der Waals surface area (Å²) in [5.74, 6) is 0.835. The fraction of sp³-hybridized carbons (Fsp3) is 0.840. The molecule has 0 bridgehead atoms. The topological polar surface area (TPSA) is 99.9 Å². The molecule has 4 rings (SSSR count). The van der Waals surface area contributed by atoms with Crippen LogP contribution >= 0.6 is 0 Å². The lowest BCUT2D eigenvalue weighted by molar-refractivity contribution is -0.206. The number of piperidine rings is 1. The van der Waals surface area contributed by atoms with Gasteiger partial charge < -0.3 is 25.3 Å². The van der Waals surface area contributed by atoms with Crippen molar-refractivity contribution >= 4 is 11.9 Å². The minimum atomic E-state index is -0.789. The van der Waals surface area contributed by atoms with Gasteiger partial charge in [-0.1, -0.05) is 6.08 Å². The molecule has 0 radical (unpaired) electrons. The Morgan fingerprint density at radius 3 is 2.75 bits per heavy atom. The first-order valence-electron chi connectivity index (χ1n) is 12.3. The summed E-state index contributed by atoms with van der Waals surface area (Å²) in [5.41, 5.74) is 5.44. The summed E-state index contributed by atoms with van der Waals surface area (Å²) in [6.07, 6.45) is 8.54. The Labute approximate surface area is 191 Å². The molecule has 4 aliphatic rings. The zero-order valence-electron chi connectivity index (χ0n) is 20.0. The SMILES string of the molecule is CC=C(C)C(=O)OC(C)(C)C1(CC2CCNC(N)C2)CC2CC3CCC(=O)OC3CC2O1. The molecular weight excluding hydrogens is 408 g/mol. The van der Waals surface area contributed by atoms with Crippen LogP contribution in [-0.4, -0.2) is 48.1 Å². The van der Waals surface area contributed by atoms with E-state index in [-0.39, 0.29) is 30.3 Å². The van der Waals surface area contributed by atoms with Gasteiger partial charge >= 0.3 is 11.9 Å². The van der Waals surface area contributed by atoms with E-state index in [2.05, 4.69) is 5.32 Å². The number of carbonyl (C=O) groups is 2. The number of rotatable bonds is 5. The molecule has 0 aromatic rings. The van der Waals surface area contributed by atoms with E-state index < -0.39 is 11.2 Å². The Morgan fingerprint density at radius 1 is 1.25 bits per heavy atom. The highest BCUT2D eigenvalue weighted by atomic mass is 16.6. The minimum Gasteiger partial charge on any atom is -0.462 e. The van der Waals surface area contributed by atoms with Crippen molar-refractivity contribution in [2.24, 2.45) is 23.5 Å². The van der Waals surface area contributed by atoms with E-state index in [1.165, 1.54) is 0 Å². The van der Waals surface area contributed by atoms with Gasteiger partial charge in [0.05, 0.1) is 12.3 Å². The van der Waals surface area contributed by atoms with Gasteiger partial charge in [0.2, 0.25) is 0 Å². The predicted octanol–water partition coefficient (Wildman–Crippen LogP) is 3.21. The fourth-order valence-electron chi connectivity index (χ4n) is 6.38. The van der Waals surface area contributed by atoms with Crippen molar-refractivity contribution in [3.05, 3.63) is 11.6 Å². The molecule has 32 heavy (non-hydrogen) atoms. The highest BCUT2D eigenvalue weighted by Gasteiger charge is 2.60. The third-order valence-corrected chi connectivity index (χ3v) is 8.46. The van der Waals surface area contributed by atoms with E-state index in [1.807, 2.05) is 20.8 Å². The molecule has 7 unspecified atom stereocenters. The van der Waals surface area contributed by atoms with Crippen molar-refractivity contribution in [1.82, 2.24) is 5.32 Å². The molecule has 4 fully saturated rings. The standard InChI is InChI=1S/C25H40N2O5/c1-5-15(2)23(29)32-24(3,4)25(13-16-8-9-27-21(26)10-16)14-18-11-17-6-7-22(28)30-19(17)12-20(18)31-25/h5,16-21,27H,6-14,26H2,1-4H3. The minimum absolute atomic E-state index is 0.00676. The number of hydrogen-bond donors (Lipinski definition) is 2. The largest absolute Gasteiger partial charge is 0.462 e. The monoisotopic (exact) mass is 448 g/mol. The lowest BCUT2D eigenvalue weighted by Crippen LogP contribution is -2.55. The van der Waals surface area contributed by atoms with E-state index >= 15 is 0 Å². The van der Waals surface area contributed by atoms with Crippen LogP contribution in [0, 0.1) is 17.8 Å². The van der Waals surface area contributed by atoms with Gasteiger partial charge in [-0.05, 0) is 90.5 Å². The van der Waals surface area contributed by atoms with Crippen LogP contribution in [0.15, 0.2) is 11.6 Å². The summed E-state index contributed by atoms with van der Waals surface area (Å²) in [7, 11) is 0. The Kier molecular flexibility index (Phi) is 6.72. The van der Waals surface area contributed by atoms with E-state index in [0.717, 1.165) is 51.5 Å². The van der Waals surface area contributed by atoms with Crippen LogP contribution in [0.25, 0.3) is 0 Å². The van der Waals surface area contributed by atoms with Crippen LogP contribution in [0.3, 0.4) is 0 Å². The molecule has 7 nitrogen and oxygen atoms in total. The Bertz CT molecular complexity index is 765. The molecule has 0 spiro atoms. The average Bonchev–Trinajstić information content (AvgIpc) is 3.09. The van der Waals surface area contributed by atoms with Gasteiger partial charge in [-0.15, -0.1) is 0 Å². The van der Waals surface area contributed by atoms with Crippen molar-refractivity contribution in [3.63, 3.8) is 0 Å². The summed E-state index contributed by atoms with van der Waals surface area (Å²) in [4.78, 5) is 24.6. The van der Waals surface area contributed by atoms with Gasteiger partial charge in [0.1, 0.15) is 17.3 Å². The first-order valence-corrected chi connectivity index (χ1v) is 12.3. The maximum atomic E-state index is 12.8. The van der Waals surface area contributed by atoms with E-state index in [9.17, 15) is 9.59 Å². The van der Waals surface area contributed by atoms with Crippen molar-refractivity contribution in [2.75, 3.05) is 6.54 Å². The van der Waals surface area contributed by atoms with Crippen molar-refractivity contribution in [1.29, 1.82) is 0 Å². The summed E-state index contributed by atoms with van der Waals surface area (Å²) in [5, 5.41) is 3.33. The smallest absolute Gasteiger partial charge is 0.334 e. The number of nitrogens with one attached hydrogen (secondary N) is 1. The number of carbonyl (C=O) groups excluding carboxylic acids is 2. The maximum Gasteiger partial charge on any atom is 0.334 e. The van der Waals surface area contributed by atoms with E-state index in [1.54, 1.807) is 13.0 Å². The lowest BCUT2D eigenvalue weighted by atomic mass is 9.69. The highest BCUT2D eigenvalue weighted by molar-refractivity contribution is 5.88. The molecule has 3 aliphatic heterocycles. The first kappa shape index (κ1) is 23.7. The number of ether oxygens (including phenoxy) is 3. The number of fused-ring (bicyclic) bond motifs is 2. The Hall–Kier alpha value is -1.44. The van der Waals surface area contributed by atoms with E-state index in [0.29, 0.717) is 29.7 Å². The second-order valence-corrected chi connectivity index (χ2v) is 10.9. The lowest BCUT2D eigenvalue weighted by Gasteiger charge is -2.46. The Balaban J connectivity index is 1.58. The fourth-order valence-corrected chi connectivity index (χ4v) is 6.38. The summed E-state index contributed by atoms with van der Waals surface area (Å²) >= 11 is 0. The van der Waals surface area contributed by atoms with Gasteiger partial charge in [-0.25, -0.2) is 4.79 Å². The van der Waals surface area contributed by atoms with Crippen LogP contribution in [0.5, 0.6) is 0 Å². The number of nitrogens with two attached hydrogens (primary N) is 1. The zero-order chi connectivity index (χ0) is 23.1. The van der Waals surface area contributed by atoms with Crippen LogP contribution in [0.2, 0.25) is 0 Å². The van der Waals surface area contributed by atoms with Gasteiger partial charge in [-0.2, -0.15) is 0 Å². The Morgan fingerprint density at radius 2 is 2.03 bits per heavy atom. The van der Waals surface area contributed by atoms with Crippen molar-refractivity contribution < 1.29 is 23.8 Å². The van der Waals surface area contributed by atoms with Gasteiger partial charge in [0.25, 0.3) is 0 Å². The predicted molar refractivity (Wildman–Crippen MR) is 120 cm³/mol. The van der Waals surface area contributed by atoms with Crippen LogP contribution in [0.1, 0.15) is 79.1 Å². The zero-order valence-corrected chi connectivity index (χ0v) is 20.0. The summed E-state index contributed by atoms with van der Waals surface area (Å²) in [6.45, 7) is 8.52. The summed E-state index contributed by atoms with van der Waals surface area (Å²) < 4.78 is 18.7. The molecule has 7 heteroatoms. The molecule has 7 atom stereocenters. The van der Waals surface area contributed by atoms with Crippen LogP contribution in [-0.2, 0) is 23.8 Å². The number of hydrogen-bond acceptors (Lipinski definition) is 7. The maximum absolute atomic E-state index is 12.8. The molecule has 1 aliphatic carbocycles. The molecule has 3 saturated heterocycles. The van der Waals surface area contributed by atoms with Crippen LogP contribution < -0.4 is 11.1 Å². The van der Waals surface area contributed by atoms with E-state index in [4.69, 9.17) is 19.9 Å². The van der Waals surface area contributed by atoms with Crippen molar-refractivity contribution in [2.45, 2.75) is 109 Å². The third kappa shape index (κ3) is 4.62. The number of esters is 2. The van der Waals surface area contributed by atoms with Crippen LogP contribution in [0.4, 0.5) is 0 Å². The normalized spacial score (nSPS) is 40.3. The molecule has 3 N–H and O–H groups in total. The molecular formula is C25H40N2O5. The second kappa shape index (κ2) is 9.07. The molecule has 0 amide bonds. The first-order chi connectivity index (χ1) is 15.1. The molecule has 0 aromatic heterocycles. The number of allylic oxidation sites excluding steroid dienone is 1. The van der Waals surface area contributed by atoms with Gasteiger partial charge in [0, 0.05) is 18.4 Å². The third-order valence-electron chi connectivity index (χ3n) is 8.46. The van der Waals surface area contributed by atoms with Gasteiger partial charge in [-0.3, -0.25) is 4.79 Å². The average molecular weight is 449 g/mol. The molecule has 0 aromatic carbocycles. The molecule has 3 heterocycles. The quantitative estimate of drug-likeness (QED) is 0.492. The van der Waals surface area contributed by atoms with Crippen molar-refractivity contribution in [3.8, 4) is 0 Å². The molecule has 180 valence electrons. The van der Waals surface area contributed by atoms with Gasteiger partial charge in [0.15, 0.2) is 0 Å². The summed E-state index contributed by atoms with van der Waals surface area (Å²) in [6, 6.07) is 0.